The van der Waals surface area contributed by atoms with Gasteiger partial charge in [0, 0.05) is 11.1 Å². The first kappa shape index (κ1) is 10.6. The monoisotopic (exact) mass is 208 g/mol. The number of benzene rings is 1. The van der Waals surface area contributed by atoms with Crippen LogP contribution in [0.15, 0.2) is 24.3 Å². The van der Waals surface area contributed by atoms with Crippen LogP contribution in [0.5, 0.6) is 0 Å². The lowest BCUT2D eigenvalue weighted by atomic mass is 10.1. The Balaban J connectivity index is 0.000000245. The lowest BCUT2D eigenvalue weighted by Crippen LogP contribution is -2.19. The molecule has 0 aromatic heterocycles. The van der Waals surface area contributed by atoms with Crippen molar-refractivity contribution in [3.63, 3.8) is 0 Å². The molecule has 0 spiro atoms. The molecular formula is C8H8N4O3. The fourth-order valence-electron chi connectivity index (χ4n) is 1.18. The van der Waals surface area contributed by atoms with Gasteiger partial charge in [0.05, 0.1) is 0 Å². The van der Waals surface area contributed by atoms with E-state index in [0.29, 0.717) is 11.7 Å². The molecule has 0 saturated heterocycles. The van der Waals surface area contributed by atoms with Gasteiger partial charge in [0.2, 0.25) is 0 Å². The van der Waals surface area contributed by atoms with Gasteiger partial charge in [0.1, 0.15) is 11.7 Å². The molecule has 0 unspecified atom stereocenters. The molecular weight excluding hydrogens is 200 g/mol. The van der Waals surface area contributed by atoms with Gasteiger partial charge < -0.3 is 10.5 Å². The SMILES string of the molecule is N=C1NC(=N)c2ccccc21.O=[N+]([O-])O. The smallest absolute Gasteiger partial charge is 0.291 e. The second kappa shape index (κ2) is 4.18. The Labute approximate surface area is 84.5 Å². The van der Waals surface area contributed by atoms with E-state index in [0.717, 1.165) is 11.1 Å². The third-order valence-corrected chi connectivity index (χ3v) is 1.72. The van der Waals surface area contributed by atoms with Crippen LogP contribution >= 0.6 is 0 Å². The second-order valence-electron chi connectivity index (χ2n) is 2.66. The van der Waals surface area contributed by atoms with Crippen LogP contribution in [0.4, 0.5) is 0 Å². The minimum Gasteiger partial charge on any atom is -0.328 e. The molecule has 0 bridgehead atoms. The summed E-state index contributed by atoms with van der Waals surface area (Å²) >= 11 is 0. The molecule has 0 fully saturated rings. The summed E-state index contributed by atoms with van der Waals surface area (Å²) in [6.45, 7) is 0. The highest BCUT2D eigenvalue weighted by atomic mass is 16.9. The summed E-state index contributed by atoms with van der Waals surface area (Å²) in [7, 11) is 0. The fourth-order valence-corrected chi connectivity index (χ4v) is 1.18. The Kier molecular flexibility index (Phi) is 2.97. The van der Waals surface area contributed by atoms with E-state index in [2.05, 4.69) is 5.32 Å². The highest BCUT2D eigenvalue weighted by molar-refractivity contribution is 6.23. The first-order chi connectivity index (χ1) is 7.02. The molecule has 0 radical (unpaired) electrons. The first-order valence-electron chi connectivity index (χ1n) is 3.89. The third kappa shape index (κ3) is 2.50. The molecule has 1 aliphatic rings. The Morgan fingerprint density at radius 3 is 1.87 bits per heavy atom. The Hall–Kier alpha value is -2.44. The summed E-state index contributed by atoms with van der Waals surface area (Å²) in [5.74, 6) is 0.649. The average molecular weight is 208 g/mol. The van der Waals surface area contributed by atoms with Gasteiger partial charge >= 0.3 is 0 Å². The van der Waals surface area contributed by atoms with E-state index in [-0.39, 0.29) is 0 Å². The fraction of sp³-hybridized carbons (Fsp3) is 0. The Morgan fingerprint density at radius 2 is 1.53 bits per heavy atom. The van der Waals surface area contributed by atoms with E-state index in [1.807, 2.05) is 24.3 Å². The van der Waals surface area contributed by atoms with Crippen LogP contribution in [-0.2, 0) is 0 Å². The number of hydrogen-bond donors (Lipinski definition) is 4. The number of hydrogen-bond acceptors (Lipinski definition) is 4. The number of amidine groups is 2. The summed E-state index contributed by atoms with van der Waals surface area (Å²) in [5.41, 5.74) is 1.63. The molecule has 0 amide bonds. The third-order valence-electron chi connectivity index (χ3n) is 1.72. The normalized spacial score (nSPS) is 12.3. The maximum absolute atomic E-state index is 8.36. The van der Waals surface area contributed by atoms with Gasteiger partial charge in [-0.25, -0.2) is 0 Å². The zero-order valence-electron chi connectivity index (χ0n) is 7.52. The van der Waals surface area contributed by atoms with Crippen molar-refractivity contribution in [2.24, 2.45) is 0 Å². The minimum absolute atomic E-state index is 0.325. The van der Waals surface area contributed by atoms with E-state index in [9.17, 15) is 0 Å². The van der Waals surface area contributed by atoms with Crippen LogP contribution in [-0.4, -0.2) is 22.0 Å². The van der Waals surface area contributed by atoms with Gasteiger partial charge in [-0.05, 0) is 0 Å². The highest BCUT2D eigenvalue weighted by Gasteiger charge is 2.18. The molecule has 1 aromatic carbocycles. The van der Waals surface area contributed by atoms with Crippen molar-refractivity contribution in [2.45, 2.75) is 0 Å². The summed E-state index contributed by atoms with van der Waals surface area (Å²) in [4.78, 5) is 8.36. The first-order valence-corrected chi connectivity index (χ1v) is 3.89. The number of nitrogens with one attached hydrogen (secondary N) is 3. The Bertz CT molecular complexity index is 393. The lowest BCUT2D eigenvalue weighted by Gasteiger charge is -1.91. The molecule has 7 heteroatoms. The quantitative estimate of drug-likeness (QED) is 0.368. The van der Waals surface area contributed by atoms with Gasteiger partial charge in [-0.1, -0.05) is 24.3 Å². The van der Waals surface area contributed by atoms with Gasteiger partial charge in [0.15, 0.2) is 0 Å². The molecule has 78 valence electrons. The maximum atomic E-state index is 8.36. The van der Waals surface area contributed by atoms with E-state index in [4.69, 9.17) is 26.1 Å². The molecule has 0 atom stereocenters. The maximum Gasteiger partial charge on any atom is 0.291 e. The van der Waals surface area contributed by atoms with E-state index < -0.39 is 5.09 Å². The molecule has 4 N–H and O–H groups in total. The molecule has 1 aliphatic heterocycles. The van der Waals surface area contributed by atoms with Crippen LogP contribution in [0, 0.1) is 20.9 Å². The molecule has 0 aliphatic carbocycles. The van der Waals surface area contributed by atoms with Crippen LogP contribution in [0.25, 0.3) is 0 Å². The zero-order valence-corrected chi connectivity index (χ0v) is 7.52. The summed E-state index contributed by atoms with van der Waals surface area (Å²) in [5, 5.41) is 31.1. The topological polar surface area (TPSA) is 123 Å². The number of rotatable bonds is 0. The predicted octanol–water partition coefficient (Wildman–Crippen LogP) is 0.593. The minimum atomic E-state index is -1.50. The van der Waals surface area contributed by atoms with E-state index in [1.54, 1.807) is 0 Å². The van der Waals surface area contributed by atoms with Crippen LogP contribution in [0.3, 0.4) is 0 Å². The average Bonchev–Trinajstić information content (AvgIpc) is 2.43. The standard InChI is InChI=1S/C8H7N3.HNO3/c9-7-5-3-1-2-4-6(5)8(10)11-7;2-1(3)4/h1-4H,(H3,9,10,11);(H,2,3,4). The molecule has 1 heterocycles. The summed E-state index contributed by atoms with van der Waals surface area (Å²) < 4.78 is 0. The van der Waals surface area contributed by atoms with E-state index in [1.165, 1.54) is 0 Å². The zero-order chi connectivity index (χ0) is 11.4. The van der Waals surface area contributed by atoms with Gasteiger partial charge in [-0.3, -0.25) is 10.8 Å². The summed E-state index contributed by atoms with van der Waals surface area (Å²) in [6.07, 6.45) is 0. The lowest BCUT2D eigenvalue weighted by molar-refractivity contribution is -0.742. The molecule has 15 heavy (non-hydrogen) atoms. The van der Waals surface area contributed by atoms with Crippen molar-refractivity contribution >= 4 is 11.7 Å². The molecule has 7 nitrogen and oxygen atoms in total. The van der Waals surface area contributed by atoms with Crippen LogP contribution in [0.2, 0.25) is 0 Å². The highest BCUT2D eigenvalue weighted by Crippen LogP contribution is 2.13. The van der Waals surface area contributed by atoms with Gasteiger partial charge in [0.25, 0.3) is 5.09 Å². The second-order valence-corrected chi connectivity index (χ2v) is 2.66. The van der Waals surface area contributed by atoms with Crippen LogP contribution in [0.1, 0.15) is 11.1 Å². The van der Waals surface area contributed by atoms with Crippen LogP contribution < -0.4 is 5.32 Å². The van der Waals surface area contributed by atoms with Crippen molar-refractivity contribution in [3.05, 3.63) is 45.5 Å². The van der Waals surface area contributed by atoms with E-state index >= 15 is 0 Å². The van der Waals surface area contributed by atoms with Crippen molar-refractivity contribution in [1.82, 2.24) is 5.32 Å². The number of nitrogens with zero attached hydrogens (tertiary/aromatic N) is 1. The van der Waals surface area contributed by atoms with Crippen molar-refractivity contribution in [1.29, 1.82) is 10.8 Å². The predicted molar refractivity (Wildman–Crippen MR) is 52.0 cm³/mol. The van der Waals surface area contributed by atoms with Crippen molar-refractivity contribution in [3.8, 4) is 0 Å². The van der Waals surface area contributed by atoms with Crippen molar-refractivity contribution in [2.75, 3.05) is 0 Å². The molecule has 1 aromatic rings. The largest absolute Gasteiger partial charge is 0.328 e. The number of fused-ring (bicyclic) bond motifs is 1. The molecule has 0 saturated carbocycles. The van der Waals surface area contributed by atoms with Gasteiger partial charge in [-0.2, -0.15) is 0 Å². The van der Waals surface area contributed by atoms with Gasteiger partial charge in [-0.15, -0.1) is 10.1 Å². The Morgan fingerprint density at radius 1 is 1.20 bits per heavy atom. The summed E-state index contributed by atoms with van der Waals surface area (Å²) in [6, 6.07) is 7.42. The molecule has 2 rings (SSSR count). The van der Waals surface area contributed by atoms with Crippen molar-refractivity contribution < 1.29 is 10.3 Å².